The third-order valence-corrected chi connectivity index (χ3v) is 4.07. The molecule has 0 saturated carbocycles. The number of rotatable bonds is 2. The molecule has 1 atom stereocenters. The number of hydrogen-bond donors (Lipinski definition) is 2. The summed E-state index contributed by atoms with van der Waals surface area (Å²) in [6.45, 7) is 2.00. The van der Waals surface area contributed by atoms with Crippen LogP contribution in [0.5, 0.6) is 0 Å². The first-order valence-corrected chi connectivity index (χ1v) is 7.39. The predicted octanol–water partition coefficient (Wildman–Crippen LogP) is 3.38. The van der Waals surface area contributed by atoms with Crippen molar-refractivity contribution in [2.75, 3.05) is 5.73 Å². The average Bonchev–Trinajstić information content (AvgIpc) is 2.47. The van der Waals surface area contributed by atoms with Crippen LogP contribution >= 0.6 is 0 Å². The number of anilines is 1. The lowest BCUT2D eigenvalue weighted by Gasteiger charge is -2.26. The minimum absolute atomic E-state index is 0.00613. The summed E-state index contributed by atoms with van der Waals surface area (Å²) in [6, 6.07) is 13.8. The van der Waals surface area contributed by atoms with Crippen LogP contribution in [0.15, 0.2) is 42.5 Å². The highest BCUT2D eigenvalue weighted by Crippen LogP contribution is 2.31. The van der Waals surface area contributed by atoms with Crippen molar-refractivity contribution in [3.63, 3.8) is 0 Å². The molecule has 3 nitrogen and oxygen atoms in total. The van der Waals surface area contributed by atoms with Crippen molar-refractivity contribution < 1.29 is 4.79 Å². The monoisotopic (exact) mass is 280 g/mol. The van der Waals surface area contributed by atoms with Gasteiger partial charge in [-0.3, -0.25) is 4.79 Å². The summed E-state index contributed by atoms with van der Waals surface area (Å²) >= 11 is 0. The third kappa shape index (κ3) is 2.92. The highest BCUT2D eigenvalue weighted by atomic mass is 16.1. The molecular weight excluding hydrogens is 260 g/mol. The van der Waals surface area contributed by atoms with Crippen LogP contribution in [0.1, 0.15) is 45.9 Å². The summed E-state index contributed by atoms with van der Waals surface area (Å²) in [6.07, 6.45) is 3.10. The van der Waals surface area contributed by atoms with E-state index in [0.717, 1.165) is 36.1 Å². The molecule has 0 fully saturated rings. The molecule has 3 heteroatoms. The van der Waals surface area contributed by atoms with Gasteiger partial charge in [-0.25, -0.2) is 0 Å². The van der Waals surface area contributed by atoms with Crippen LogP contribution in [0.25, 0.3) is 0 Å². The van der Waals surface area contributed by atoms with Gasteiger partial charge in [-0.15, -0.1) is 0 Å². The Morgan fingerprint density at radius 3 is 2.90 bits per heavy atom. The maximum absolute atomic E-state index is 12.4. The number of amides is 1. The van der Waals surface area contributed by atoms with Crippen molar-refractivity contribution in [1.29, 1.82) is 0 Å². The van der Waals surface area contributed by atoms with Crippen LogP contribution in [-0.2, 0) is 6.42 Å². The van der Waals surface area contributed by atoms with E-state index >= 15 is 0 Å². The molecule has 0 radical (unpaired) electrons. The Balaban J connectivity index is 1.82. The number of nitrogens with one attached hydrogen (secondary N) is 1. The SMILES string of the molecule is Cc1cccc(C(=O)NC2CCCc3cc(N)ccc32)c1. The molecule has 0 aliphatic heterocycles. The van der Waals surface area contributed by atoms with Crippen LogP contribution in [0.4, 0.5) is 5.69 Å². The van der Waals surface area contributed by atoms with Gasteiger partial charge < -0.3 is 11.1 Å². The number of nitrogens with two attached hydrogens (primary N) is 1. The zero-order valence-corrected chi connectivity index (χ0v) is 12.2. The molecule has 108 valence electrons. The Labute approximate surface area is 125 Å². The van der Waals surface area contributed by atoms with Crippen LogP contribution < -0.4 is 11.1 Å². The van der Waals surface area contributed by atoms with Crippen molar-refractivity contribution in [1.82, 2.24) is 5.32 Å². The van der Waals surface area contributed by atoms with Crippen molar-refractivity contribution in [3.05, 3.63) is 64.7 Å². The fourth-order valence-electron chi connectivity index (χ4n) is 3.01. The fraction of sp³-hybridized carbons (Fsp3) is 0.278. The molecule has 0 bridgehead atoms. The second-order valence-corrected chi connectivity index (χ2v) is 5.75. The van der Waals surface area contributed by atoms with Crippen molar-refractivity contribution in [2.45, 2.75) is 32.2 Å². The topological polar surface area (TPSA) is 55.1 Å². The van der Waals surface area contributed by atoms with Crippen LogP contribution in [0.3, 0.4) is 0 Å². The van der Waals surface area contributed by atoms with Crippen LogP contribution in [0, 0.1) is 6.92 Å². The summed E-state index contributed by atoms with van der Waals surface area (Å²) in [4.78, 5) is 12.4. The zero-order valence-electron chi connectivity index (χ0n) is 12.2. The average molecular weight is 280 g/mol. The molecule has 0 aromatic heterocycles. The lowest BCUT2D eigenvalue weighted by molar-refractivity contribution is 0.0932. The van der Waals surface area contributed by atoms with Gasteiger partial charge in [0.05, 0.1) is 6.04 Å². The second kappa shape index (κ2) is 5.60. The van der Waals surface area contributed by atoms with E-state index in [2.05, 4.69) is 5.32 Å². The molecule has 0 saturated heterocycles. The number of fused-ring (bicyclic) bond motifs is 1. The van der Waals surface area contributed by atoms with E-state index < -0.39 is 0 Å². The number of aryl methyl sites for hydroxylation is 2. The molecule has 0 heterocycles. The second-order valence-electron chi connectivity index (χ2n) is 5.75. The molecule has 3 rings (SSSR count). The first kappa shape index (κ1) is 13.7. The van der Waals surface area contributed by atoms with Gasteiger partial charge in [0, 0.05) is 11.3 Å². The molecule has 1 aliphatic carbocycles. The van der Waals surface area contributed by atoms with Gasteiger partial charge in [0.25, 0.3) is 5.91 Å². The molecule has 1 aliphatic rings. The number of carbonyl (C=O) groups is 1. The zero-order chi connectivity index (χ0) is 14.8. The van der Waals surface area contributed by atoms with Gasteiger partial charge >= 0.3 is 0 Å². The van der Waals surface area contributed by atoms with Crippen molar-refractivity contribution in [2.24, 2.45) is 0 Å². The Kier molecular flexibility index (Phi) is 3.65. The molecule has 0 spiro atoms. The van der Waals surface area contributed by atoms with Gasteiger partial charge in [0.1, 0.15) is 0 Å². The lowest BCUT2D eigenvalue weighted by atomic mass is 9.87. The van der Waals surface area contributed by atoms with E-state index in [4.69, 9.17) is 5.73 Å². The molecular formula is C18H20N2O. The summed E-state index contributed by atoms with van der Waals surface area (Å²) in [5.74, 6) is -0.00613. The Bertz CT molecular complexity index is 679. The minimum atomic E-state index is -0.00613. The predicted molar refractivity (Wildman–Crippen MR) is 85.2 cm³/mol. The Morgan fingerprint density at radius 2 is 2.10 bits per heavy atom. The molecule has 2 aromatic rings. The van der Waals surface area contributed by atoms with E-state index in [-0.39, 0.29) is 11.9 Å². The number of nitrogen functional groups attached to an aromatic ring is 1. The van der Waals surface area contributed by atoms with E-state index in [9.17, 15) is 4.79 Å². The lowest BCUT2D eigenvalue weighted by Crippen LogP contribution is -2.31. The van der Waals surface area contributed by atoms with Crippen molar-refractivity contribution >= 4 is 11.6 Å². The summed E-state index contributed by atoms with van der Waals surface area (Å²) in [5.41, 5.74) is 10.9. The highest BCUT2D eigenvalue weighted by molar-refractivity contribution is 5.94. The first-order valence-electron chi connectivity index (χ1n) is 7.39. The largest absolute Gasteiger partial charge is 0.399 e. The number of benzene rings is 2. The van der Waals surface area contributed by atoms with Gasteiger partial charge in [-0.05, 0) is 61.6 Å². The molecule has 2 aromatic carbocycles. The molecule has 1 amide bonds. The van der Waals surface area contributed by atoms with Gasteiger partial charge in [-0.1, -0.05) is 23.8 Å². The van der Waals surface area contributed by atoms with Crippen molar-refractivity contribution in [3.8, 4) is 0 Å². The molecule has 1 unspecified atom stereocenters. The van der Waals surface area contributed by atoms with Gasteiger partial charge in [0.2, 0.25) is 0 Å². The Hall–Kier alpha value is -2.29. The fourth-order valence-corrected chi connectivity index (χ4v) is 3.01. The van der Waals surface area contributed by atoms with E-state index in [1.807, 2.05) is 49.4 Å². The third-order valence-electron chi connectivity index (χ3n) is 4.07. The minimum Gasteiger partial charge on any atom is -0.399 e. The first-order chi connectivity index (χ1) is 10.1. The maximum atomic E-state index is 12.4. The van der Waals surface area contributed by atoms with E-state index in [1.165, 1.54) is 11.1 Å². The summed E-state index contributed by atoms with van der Waals surface area (Å²) in [5, 5.41) is 3.16. The normalized spacial score (nSPS) is 17.1. The Morgan fingerprint density at radius 1 is 1.24 bits per heavy atom. The maximum Gasteiger partial charge on any atom is 0.251 e. The van der Waals surface area contributed by atoms with Crippen LogP contribution in [-0.4, -0.2) is 5.91 Å². The van der Waals surface area contributed by atoms with Gasteiger partial charge in [-0.2, -0.15) is 0 Å². The molecule has 3 N–H and O–H groups in total. The standard InChI is InChI=1S/C18H20N2O/c1-12-4-2-6-14(10-12)18(21)20-17-7-3-5-13-11-15(19)8-9-16(13)17/h2,4,6,8-11,17H,3,5,7,19H2,1H3,(H,20,21). The van der Waals surface area contributed by atoms with Gasteiger partial charge in [0.15, 0.2) is 0 Å². The molecule has 21 heavy (non-hydrogen) atoms. The van der Waals surface area contributed by atoms with E-state index in [0.29, 0.717) is 0 Å². The quantitative estimate of drug-likeness (QED) is 0.829. The summed E-state index contributed by atoms with van der Waals surface area (Å²) in [7, 11) is 0. The number of hydrogen-bond acceptors (Lipinski definition) is 2. The van der Waals surface area contributed by atoms with E-state index in [1.54, 1.807) is 0 Å². The smallest absolute Gasteiger partial charge is 0.251 e. The van der Waals surface area contributed by atoms with Crippen LogP contribution in [0.2, 0.25) is 0 Å². The highest BCUT2D eigenvalue weighted by Gasteiger charge is 2.22. The number of carbonyl (C=O) groups excluding carboxylic acids is 1. The summed E-state index contributed by atoms with van der Waals surface area (Å²) < 4.78 is 0.